The molecule has 3 heterocycles. The highest BCUT2D eigenvalue weighted by molar-refractivity contribution is 6.01. The number of hydrogen-bond donors (Lipinski definition) is 1. The lowest BCUT2D eigenvalue weighted by Crippen LogP contribution is -2.51. The van der Waals surface area contributed by atoms with Gasteiger partial charge in [-0.3, -0.25) is 4.79 Å². The minimum Gasteiger partial charge on any atom is -0.424 e. The van der Waals surface area contributed by atoms with E-state index >= 15 is 0 Å². The maximum Gasteiger partial charge on any atom is 0.295 e. The average molecular weight is 478 g/mol. The molecule has 0 bridgehead atoms. The van der Waals surface area contributed by atoms with Gasteiger partial charge in [0.25, 0.3) is 11.9 Å². The van der Waals surface area contributed by atoms with Crippen LogP contribution < -0.4 is 5.32 Å². The first-order valence-electron chi connectivity index (χ1n) is 11.6. The Morgan fingerprint density at radius 3 is 2.80 bits per heavy atom. The zero-order valence-electron chi connectivity index (χ0n) is 19.5. The Hall–Kier alpha value is -3.88. The highest BCUT2D eigenvalue weighted by Crippen LogP contribution is 2.31. The fourth-order valence-corrected chi connectivity index (χ4v) is 4.71. The van der Waals surface area contributed by atoms with E-state index in [1.165, 1.54) is 24.3 Å². The predicted octanol–water partition coefficient (Wildman–Crippen LogP) is 5.22. The smallest absolute Gasteiger partial charge is 0.295 e. The molecule has 4 aromatic rings. The van der Waals surface area contributed by atoms with Gasteiger partial charge in [-0.25, -0.2) is 18.7 Å². The Bertz CT molecular complexity index is 1380. The maximum atomic E-state index is 14.6. The fourth-order valence-electron chi connectivity index (χ4n) is 4.71. The van der Waals surface area contributed by atoms with Crippen LogP contribution >= 0.6 is 0 Å². The molecule has 180 valence electrons. The topological polar surface area (TPSA) is 84.2 Å². The van der Waals surface area contributed by atoms with Crippen molar-refractivity contribution in [3.63, 3.8) is 0 Å². The third-order valence-electron chi connectivity index (χ3n) is 6.61. The summed E-state index contributed by atoms with van der Waals surface area (Å²) in [4.78, 5) is 28.6. The second-order valence-corrected chi connectivity index (χ2v) is 8.86. The average Bonchev–Trinajstić information content (AvgIpc) is 3.26. The lowest BCUT2D eigenvalue weighted by Gasteiger charge is -2.40. The number of carbonyl (C=O) groups excluding carboxylic acids is 1. The van der Waals surface area contributed by atoms with Crippen molar-refractivity contribution < 1.29 is 18.0 Å². The number of nitrogens with one attached hydrogen (secondary N) is 1. The van der Waals surface area contributed by atoms with Gasteiger partial charge in [-0.15, -0.1) is 0 Å². The number of piperidine rings is 1. The molecule has 1 amide bonds. The lowest BCUT2D eigenvalue weighted by molar-refractivity contribution is 0.0538. The number of aromatic nitrogens is 3. The number of rotatable bonds is 5. The summed E-state index contributed by atoms with van der Waals surface area (Å²) in [5.74, 6) is -0.544. The zero-order valence-corrected chi connectivity index (χ0v) is 19.5. The number of halogens is 2. The van der Waals surface area contributed by atoms with Crippen LogP contribution in [-0.2, 0) is 0 Å². The Labute approximate surface area is 201 Å². The Morgan fingerprint density at radius 1 is 1.20 bits per heavy atom. The van der Waals surface area contributed by atoms with Crippen LogP contribution in [0.15, 0.2) is 53.2 Å². The summed E-state index contributed by atoms with van der Waals surface area (Å²) < 4.78 is 33.8. The van der Waals surface area contributed by atoms with Crippen LogP contribution in [0.25, 0.3) is 22.5 Å². The van der Waals surface area contributed by atoms with E-state index in [2.05, 4.69) is 27.2 Å². The van der Waals surface area contributed by atoms with Crippen LogP contribution in [-0.4, -0.2) is 44.9 Å². The summed E-state index contributed by atoms with van der Waals surface area (Å²) in [6.07, 6.45) is 4.98. The molecule has 2 atom stereocenters. The van der Waals surface area contributed by atoms with Gasteiger partial charge in [0.1, 0.15) is 17.2 Å². The summed E-state index contributed by atoms with van der Waals surface area (Å²) in [6.45, 7) is 4.62. The van der Waals surface area contributed by atoms with Gasteiger partial charge in [-0.05, 0) is 61.6 Å². The number of fused-ring (bicyclic) bond motifs is 1. The highest BCUT2D eigenvalue weighted by atomic mass is 19.1. The van der Waals surface area contributed by atoms with Crippen molar-refractivity contribution in [3.8, 4) is 11.4 Å². The third-order valence-corrected chi connectivity index (χ3v) is 6.61. The number of likely N-dealkylation sites (tertiary alicyclic amines) is 1. The molecule has 2 aromatic heterocycles. The molecular formula is C26H25F2N5O2. The molecule has 9 heteroatoms. The molecule has 0 aliphatic carbocycles. The molecule has 1 fully saturated rings. The van der Waals surface area contributed by atoms with Crippen molar-refractivity contribution in [2.75, 3.05) is 18.4 Å². The first kappa shape index (κ1) is 22.9. The first-order valence-corrected chi connectivity index (χ1v) is 11.6. The molecular weight excluding hydrogens is 452 g/mol. The van der Waals surface area contributed by atoms with Crippen molar-refractivity contribution in [1.29, 1.82) is 0 Å². The minimum absolute atomic E-state index is 0.185. The number of benzene rings is 2. The van der Waals surface area contributed by atoms with Crippen LogP contribution in [0.3, 0.4) is 0 Å². The second-order valence-electron chi connectivity index (χ2n) is 8.86. The number of carbonyl (C=O) groups is 1. The van der Waals surface area contributed by atoms with E-state index < -0.39 is 11.6 Å². The molecule has 2 aromatic carbocycles. The molecule has 1 N–H and O–H groups in total. The van der Waals surface area contributed by atoms with Gasteiger partial charge >= 0.3 is 0 Å². The van der Waals surface area contributed by atoms with Crippen molar-refractivity contribution in [2.24, 2.45) is 5.92 Å². The van der Waals surface area contributed by atoms with Crippen LogP contribution in [0.1, 0.15) is 35.7 Å². The first-order chi connectivity index (χ1) is 16.9. The number of amides is 1. The third kappa shape index (κ3) is 4.45. The quantitative estimate of drug-likeness (QED) is 0.424. The van der Waals surface area contributed by atoms with E-state index in [1.807, 2.05) is 0 Å². The summed E-state index contributed by atoms with van der Waals surface area (Å²) in [5, 5.41) is 3.17. The Balaban J connectivity index is 1.45. The van der Waals surface area contributed by atoms with Crippen molar-refractivity contribution in [1.82, 2.24) is 19.9 Å². The number of nitrogens with zero attached hydrogens (tertiary/aromatic N) is 4. The van der Waals surface area contributed by atoms with E-state index in [0.29, 0.717) is 35.6 Å². The SMILES string of the molecule is Cc1c(F)ccc(-c2ncccn2)c1C(=O)N1CCCC(C)C1CNc1nc2cc(F)ccc2o1. The Morgan fingerprint density at radius 2 is 2.00 bits per heavy atom. The number of oxazole rings is 1. The summed E-state index contributed by atoms with van der Waals surface area (Å²) >= 11 is 0. The van der Waals surface area contributed by atoms with Crippen LogP contribution in [0, 0.1) is 24.5 Å². The maximum absolute atomic E-state index is 14.6. The van der Waals surface area contributed by atoms with E-state index in [0.717, 1.165) is 12.8 Å². The van der Waals surface area contributed by atoms with Crippen LogP contribution in [0.5, 0.6) is 0 Å². The molecule has 35 heavy (non-hydrogen) atoms. The normalized spacial score (nSPS) is 18.1. The molecule has 1 aliphatic heterocycles. The van der Waals surface area contributed by atoms with Crippen molar-refractivity contribution in [2.45, 2.75) is 32.7 Å². The fraction of sp³-hybridized carbons (Fsp3) is 0.308. The van der Waals surface area contributed by atoms with Gasteiger partial charge in [-0.2, -0.15) is 4.98 Å². The monoisotopic (exact) mass is 477 g/mol. The summed E-state index contributed by atoms with van der Waals surface area (Å²) in [7, 11) is 0. The zero-order chi connectivity index (χ0) is 24.5. The number of hydrogen-bond acceptors (Lipinski definition) is 6. The van der Waals surface area contributed by atoms with Gasteiger partial charge in [0, 0.05) is 37.1 Å². The van der Waals surface area contributed by atoms with E-state index in [-0.39, 0.29) is 35.0 Å². The van der Waals surface area contributed by atoms with Gasteiger partial charge in [0.2, 0.25) is 0 Å². The van der Waals surface area contributed by atoms with Gasteiger partial charge in [0.05, 0.1) is 11.6 Å². The molecule has 5 rings (SSSR count). The summed E-state index contributed by atoms with van der Waals surface area (Å²) in [5.41, 5.74) is 1.93. The molecule has 1 aliphatic rings. The molecule has 0 spiro atoms. The van der Waals surface area contributed by atoms with Crippen molar-refractivity contribution in [3.05, 3.63) is 71.6 Å². The lowest BCUT2D eigenvalue weighted by atomic mass is 9.89. The van der Waals surface area contributed by atoms with E-state index in [4.69, 9.17) is 4.42 Å². The van der Waals surface area contributed by atoms with Crippen LogP contribution in [0.2, 0.25) is 0 Å². The standard InChI is InChI=1S/C26H25F2N5O2/c1-15-5-3-12-33(21(15)14-31-26-32-20-13-17(27)6-9-22(20)35-26)25(34)23-16(2)19(28)8-7-18(23)24-29-10-4-11-30-24/h4,6-11,13,15,21H,3,5,12,14H2,1-2H3,(H,31,32). The number of anilines is 1. The van der Waals surface area contributed by atoms with Crippen LogP contribution in [0.4, 0.5) is 14.8 Å². The minimum atomic E-state index is -0.452. The van der Waals surface area contributed by atoms with E-state index in [1.54, 1.807) is 36.4 Å². The molecule has 0 saturated carbocycles. The highest BCUT2D eigenvalue weighted by Gasteiger charge is 2.35. The van der Waals surface area contributed by atoms with Gasteiger partial charge < -0.3 is 14.6 Å². The largest absolute Gasteiger partial charge is 0.424 e. The molecule has 1 saturated heterocycles. The molecule has 7 nitrogen and oxygen atoms in total. The van der Waals surface area contributed by atoms with Gasteiger partial charge in [-0.1, -0.05) is 6.92 Å². The second kappa shape index (κ2) is 9.40. The van der Waals surface area contributed by atoms with E-state index in [9.17, 15) is 13.6 Å². The predicted molar refractivity (Wildman–Crippen MR) is 128 cm³/mol. The summed E-state index contributed by atoms with van der Waals surface area (Å²) in [6, 6.07) is 8.82. The molecule has 2 unspecified atom stereocenters. The van der Waals surface area contributed by atoms with Gasteiger partial charge in [0.15, 0.2) is 11.4 Å². The Kier molecular flexibility index (Phi) is 6.15. The van der Waals surface area contributed by atoms with Crippen molar-refractivity contribution >= 4 is 23.0 Å². The molecule has 0 radical (unpaired) electrons.